The molecule has 94 valence electrons. The molecule has 1 rings (SSSR count). The maximum Gasteiger partial charge on any atom is 0.269 e. The van der Waals surface area contributed by atoms with Crippen LogP contribution in [0.5, 0.6) is 0 Å². The van der Waals surface area contributed by atoms with Crippen molar-refractivity contribution in [2.45, 2.75) is 6.42 Å². The summed E-state index contributed by atoms with van der Waals surface area (Å²) in [5, 5.41) is 3.62. The third-order valence-corrected chi connectivity index (χ3v) is 2.73. The number of carbonyl (C=O) groups excluding carboxylic acids is 1. The number of amides is 1. The molecule has 0 unspecified atom stereocenters. The fourth-order valence-electron chi connectivity index (χ4n) is 1.13. The minimum atomic E-state index is -0.155. The molecule has 0 atom stereocenters. The quantitative estimate of drug-likeness (QED) is 0.596. The van der Waals surface area contributed by atoms with Gasteiger partial charge < -0.3 is 10.1 Å². The van der Waals surface area contributed by atoms with Crippen molar-refractivity contribution in [1.29, 1.82) is 0 Å². The normalized spacial score (nSPS) is 10.2. The van der Waals surface area contributed by atoms with E-state index in [1.165, 1.54) is 0 Å². The largest absolute Gasteiger partial charge is 0.381 e. The van der Waals surface area contributed by atoms with Crippen molar-refractivity contribution in [1.82, 2.24) is 10.3 Å². The van der Waals surface area contributed by atoms with E-state index in [0.717, 1.165) is 16.2 Å². The Bertz CT molecular complexity index is 344. The number of nitrogens with zero attached hydrogens (tertiary/aromatic N) is 1. The van der Waals surface area contributed by atoms with Crippen LogP contribution < -0.4 is 5.32 Å². The van der Waals surface area contributed by atoms with Crippen molar-refractivity contribution in [3.05, 3.63) is 28.5 Å². The molecule has 0 bridgehead atoms. The Morgan fingerprint density at radius 2 is 2.24 bits per heavy atom. The highest BCUT2D eigenvalue weighted by atomic mass is 79.9. The van der Waals surface area contributed by atoms with Gasteiger partial charge in [0.1, 0.15) is 5.69 Å². The van der Waals surface area contributed by atoms with Crippen LogP contribution in [0, 0.1) is 0 Å². The summed E-state index contributed by atoms with van der Waals surface area (Å²) < 4.78 is 6.12. The van der Waals surface area contributed by atoms with Crippen LogP contribution in [0.3, 0.4) is 0 Å². The first-order valence-corrected chi connectivity index (χ1v) is 7.19. The molecule has 0 aliphatic rings. The number of pyridine rings is 1. The van der Waals surface area contributed by atoms with Gasteiger partial charge in [-0.2, -0.15) is 0 Å². The topological polar surface area (TPSA) is 51.2 Å². The maximum absolute atomic E-state index is 11.6. The Morgan fingerprint density at radius 1 is 1.41 bits per heavy atom. The van der Waals surface area contributed by atoms with Crippen LogP contribution in [0.2, 0.25) is 0 Å². The molecule has 1 heterocycles. The Kier molecular flexibility index (Phi) is 7.39. The second-order valence-corrected chi connectivity index (χ2v) is 4.98. The Balaban J connectivity index is 2.19. The zero-order valence-corrected chi connectivity index (χ0v) is 12.5. The van der Waals surface area contributed by atoms with Crippen molar-refractivity contribution in [2.75, 3.05) is 25.1 Å². The zero-order chi connectivity index (χ0) is 12.5. The summed E-state index contributed by atoms with van der Waals surface area (Å²) in [6.45, 7) is 1.95. The van der Waals surface area contributed by atoms with E-state index in [1.54, 1.807) is 18.3 Å². The first-order chi connectivity index (χ1) is 8.24. The first kappa shape index (κ1) is 14.6. The Hall–Kier alpha value is -0.460. The summed E-state index contributed by atoms with van der Waals surface area (Å²) in [4.78, 5) is 15.6. The SMILES string of the molecule is O=C(NCCCOCCBr)c1ccc(Br)cn1. The monoisotopic (exact) mass is 364 g/mol. The molecule has 6 heteroatoms. The Morgan fingerprint density at radius 3 is 2.88 bits per heavy atom. The molecule has 1 aromatic rings. The third kappa shape index (κ3) is 6.14. The van der Waals surface area contributed by atoms with Crippen molar-refractivity contribution in [3.63, 3.8) is 0 Å². The van der Waals surface area contributed by atoms with E-state index in [4.69, 9.17) is 4.74 Å². The van der Waals surface area contributed by atoms with Gasteiger partial charge in [-0.1, -0.05) is 15.9 Å². The molecule has 0 spiro atoms. The number of hydrogen-bond acceptors (Lipinski definition) is 3. The molecular weight excluding hydrogens is 352 g/mol. The van der Waals surface area contributed by atoms with E-state index >= 15 is 0 Å². The second kappa shape index (κ2) is 8.60. The van der Waals surface area contributed by atoms with Crippen molar-refractivity contribution < 1.29 is 9.53 Å². The summed E-state index contributed by atoms with van der Waals surface area (Å²) >= 11 is 6.54. The lowest BCUT2D eigenvalue weighted by atomic mass is 10.3. The molecule has 4 nitrogen and oxygen atoms in total. The lowest BCUT2D eigenvalue weighted by molar-refractivity contribution is 0.0940. The van der Waals surface area contributed by atoms with E-state index in [1.807, 2.05) is 0 Å². The van der Waals surface area contributed by atoms with Crippen LogP contribution in [0.25, 0.3) is 0 Å². The molecular formula is C11H14Br2N2O2. The van der Waals surface area contributed by atoms with Crippen molar-refractivity contribution in [2.24, 2.45) is 0 Å². The summed E-state index contributed by atoms with van der Waals surface area (Å²) in [5.74, 6) is -0.155. The molecule has 0 radical (unpaired) electrons. The zero-order valence-electron chi connectivity index (χ0n) is 9.29. The Labute approximate surface area is 117 Å². The van der Waals surface area contributed by atoms with E-state index in [9.17, 15) is 4.79 Å². The highest BCUT2D eigenvalue weighted by Crippen LogP contribution is 2.07. The first-order valence-electron chi connectivity index (χ1n) is 5.27. The molecule has 1 aromatic heterocycles. The molecule has 0 aromatic carbocycles. The number of nitrogens with one attached hydrogen (secondary N) is 1. The number of rotatable bonds is 7. The van der Waals surface area contributed by atoms with E-state index in [2.05, 4.69) is 42.2 Å². The fraction of sp³-hybridized carbons (Fsp3) is 0.455. The van der Waals surface area contributed by atoms with Crippen LogP contribution in [-0.2, 0) is 4.74 Å². The van der Waals surface area contributed by atoms with Crippen molar-refractivity contribution in [3.8, 4) is 0 Å². The molecule has 0 fully saturated rings. The highest BCUT2D eigenvalue weighted by molar-refractivity contribution is 9.10. The second-order valence-electron chi connectivity index (χ2n) is 3.27. The molecule has 1 amide bonds. The molecule has 17 heavy (non-hydrogen) atoms. The minimum Gasteiger partial charge on any atom is -0.381 e. The van der Waals surface area contributed by atoms with Gasteiger partial charge in [-0.05, 0) is 34.5 Å². The predicted molar refractivity (Wildman–Crippen MR) is 73.5 cm³/mol. The average Bonchev–Trinajstić information content (AvgIpc) is 2.34. The predicted octanol–water partition coefficient (Wildman–Crippen LogP) is 2.38. The van der Waals surface area contributed by atoms with E-state index in [-0.39, 0.29) is 5.91 Å². The summed E-state index contributed by atoms with van der Waals surface area (Å²) in [5.41, 5.74) is 0.426. The standard InChI is InChI=1S/C11H14Br2N2O2/c12-4-7-17-6-1-5-14-11(16)10-3-2-9(13)8-15-10/h2-3,8H,1,4-7H2,(H,14,16). The van der Waals surface area contributed by atoms with Gasteiger partial charge in [0.05, 0.1) is 6.61 Å². The van der Waals surface area contributed by atoms with Crippen LogP contribution in [0.15, 0.2) is 22.8 Å². The van der Waals surface area contributed by atoms with Gasteiger partial charge in [-0.3, -0.25) is 4.79 Å². The molecule has 0 aliphatic heterocycles. The van der Waals surface area contributed by atoms with E-state index < -0.39 is 0 Å². The van der Waals surface area contributed by atoms with Gasteiger partial charge in [0.25, 0.3) is 5.91 Å². The molecule has 0 aliphatic carbocycles. The average molecular weight is 366 g/mol. The number of carbonyl (C=O) groups is 1. The molecule has 0 saturated heterocycles. The molecule has 1 N–H and O–H groups in total. The number of hydrogen-bond donors (Lipinski definition) is 1. The lowest BCUT2D eigenvalue weighted by Crippen LogP contribution is -2.26. The maximum atomic E-state index is 11.6. The highest BCUT2D eigenvalue weighted by Gasteiger charge is 2.05. The van der Waals surface area contributed by atoms with Crippen LogP contribution >= 0.6 is 31.9 Å². The van der Waals surface area contributed by atoms with Gasteiger partial charge in [0.15, 0.2) is 0 Å². The number of alkyl halides is 1. The lowest BCUT2D eigenvalue weighted by Gasteiger charge is -2.05. The number of ether oxygens (including phenoxy) is 1. The van der Waals surface area contributed by atoms with Gasteiger partial charge in [0, 0.05) is 29.2 Å². The molecule has 0 saturated carbocycles. The van der Waals surface area contributed by atoms with Crippen LogP contribution in [0.4, 0.5) is 0 Å². The van der Waals surface area contributed by atoms with E-state index in [0.29, 0.717) is 25.5 Å². The fourth-order valence-corrected chi connectivity index (χ4v) is 1.60. The van der Waals surface area contributed by atoms with Crippen molar-refractivity contribution >= 4 is 37.8 Å². The van der Waals surface area contributed by atoms with Gasteiger partial charge in [-0.15, -0.1) is 0 Å². The van der Waals surface area contributed by atoms with Crippen LogP contribution in [-0.4, -0.2) is 36.0 Å². The summed E-state index contributed by atoms with van der Waals surface area (Å²) in [6.07, 6.45) is 2.41. The van der Waals surface area contributed by atoms with Crippen LogP contribution in [0.1, 0.15) is 16.9 Å². The van der Waals surface area contributed by atoms with Gasteiger partial charge >= 0.3 is 0 Å². The smallest absolute Gasteiger partial charge is 0.269 e. The van der Waals surface area contributed by atoms with Gasteiger partial charge in [-0.25, -0.2) is 4.98 Å². The third-order valence-electron chi connectivity index (χ3n) is 1.93. The van der Waals surface area contributed by atoms with Gasteiger partial charge in [0.2, 0.25) is 0 Å². The summed E-state index contributed by atoms with van der Waals surface area (Å²) in [7, 11) is 0. The number of halogens is 2. The number of aromatic nitrogens is 1. The minimum absolute atomic E-state index is 0.155. The summed E-state index contributed by atoms with van der Waals surface area (Å²) in [6, 6.07) is 3.47.